The highest BCUT2D eigenvalue weighted by atomic mass is 16.5. The Hall–Kier alpha value is -2.61. The van der Waals surface area contributed by atoms with Gasteiger partial charge in [-0.2, -0.15) is 0 Å². The molecule has 4 rings (SSSR count). The van der Waals surface area contributed by atoms with E-state index in [9.17, 15) is 9.59 Å². The number of aromatic nitrogens is 3. The van der Waals surface area contributed by atoms with E-state index in [0.29, 0.717) is 17.0 Å². The second-order valence-electron chi connectivity index (χ2n) is 9.68. The number of nitrogens with zero attached hydrogens (tertiary/aromatic N) is 3. The van der Waals surface area contributed by atoms with Crippen LogP contribution in [0, 0.1) is 13.8 Å². The maximum Gasteiger partial charge on any atom is 0.291 e. The maximum absolute atomic E-state index is 13.2. The number of allylic oxidation sites excluding steroid dienone is 1. The van der Waals surface area contributed by atoms with Gasteiger partial charge in [-0.25, -0.2) is 4.68 Å². The minimum absolute atomic E-state index is 0.150. The van der Waals surface area contributed by atoms with Crippen LogP contribution in [-0.4, -0.2) is 32.6 Å². The zero-order valence-electron chi connectivity index (χ0n) is 20.4. The molecule has 0 spiro atoms. The van der Waals surface area contributed by atoms with Crippen molar-refractivity contribution in [1.82, 2.24) is 14.5 Å². The average molecular weight is 457 g/mol. The molecule has 33 heavy (non-hydrogen) atoms. The molecule has 2 aromatic heterocycles. The molecule has 8 heteroatoms. The van der Waals surface area contributed by atoms with Crippen LogP contribution in [0.25, 0.3) is 5.57 Å². The van der Waals surface area contributed by atoms with Gasteiger partial charge in [0, 0.05) is 12.6 Å². The van der Waals surface area contributed by atoms with Crippen LogP contribution in [0.3, 0.4) is 0 Å². The standard InChI is InChI=1S/C25H36N4O4/c1-15(2)32-20-13-11-18(12-14-20)23-16(3)21(27-33-23)24(30)26-22-17(4)28(5)29(25(22)31)19-9-7-6-8-10-19/h11,15,19-20H,6-10,12-14H2,1-5H3,(H,26,30). The fraction of sp³-hybridized carbons (Fsp3) is 0.640. The Bertz CT molecular complexity index is 1100. The summed E-state index contributed by atoms with van der Waals surface area (Å²) in [6, 6.07) is 0.183. The van der Waals surface area contributed by atoms with E-state index in [1.807, 2.05) is 39.4 Å². The van der Waals surface area contributed by atoms with Crippen molar-refractivity contribution in [3.8, 4) is 0 Å². The van der Waals surface area contributed by atoms with Gasteiger partial charge in [0.15, 0.2) is 11.5 Å². The molecule has 0 aromatic carbocycles. The molecule has 2 aromatic rings. The van der Waals surface area contributed by atoms with Gasteiger partial charge >= 0.3 is 0 Å². The Morgan fingerprint density at radius 1 is 1.21 bits per heavy atom. The molecular formula is C25H36N4O4. The summed E-state index contributed by atoms with van der Waals surface area (Å²) in [7, 11) is 1.88. The number of carbonyl (C=O) groups is 1. The molecule has 0 bridgehead atoms. The highest BCUT2D eigenvalue weighted by molar-refractivity contribution is 6.04. The maximum atomic E-state index is 13.2. The van der Waals surface area contributed by atoms with Crippen LogP contribution < -0.4 is 10.9 Å². The lowest BCUT2D eigenvalue weighted by molar-refractivity contribution is 0.00422. The quantitative estimate of drug-likeness (QED) is 0.667. The highest BCUT2D eigenvalue weighted by Crippen LogP contribution is 2.32. The van der Waals surface area contributed by atoms with Gasteiger partial charge in [0.25, 0.3) is 11.5 Å². The number of hydrogen-bond acceptors (Lipinski definition) is 5. The number of ether oxygens (including phenoxy) is 1. The molecule has 8 nitrogen and oxygen atoms in total. The van der Waals surface area contributed by atoms with E-state index in [0.717, 1.165) is 56.2 Å². The molecule has 1 N–H and O–H groups in total. The van der Waals surface area contributed by atoms with E-state index in [2.05, 4.69) is 16.5 Å². The Kier molecular flexibility index (Phi) is 6.93. The number of nitrogens with one attached hydrogen (secondary N) is 1. The van der Waals surface area contributed by atoms with E-state index in [-0.39, 0.29) is 29.5 Å². The Labute approximate surface area is 194 Å². The van der Waals surface area contributed by atoms with Crippen LogP contribution in [0.1, 0.15) is 98.8 Å². The lowest BCUT2D eigenvalue weighted by Crippen LogP contribution is -2.29. The smallest absolute Gasteiger partial charge is 0.291 e. The van der Waals surface area contributed by atoms with Crippen LogP contribution in [0.15, 0.2) is 15.4 Å². The largest absolute Gasteiger partial charge is 0.375 e. The topological polar surface area (TPSA) is 91.3 Å². The predicted octanol–water partition coefficient (Wildman–Crippen LogP) is 4.91. The van der Waals surface area contributed by atoms with Gasteiger partial charge in [-0.1, -0.05) is 30.5 Å². The normalized spacial score (nSPS) is 19.7. The summed E-state index contributed by atoms with van der Waals surface area (Å²) in [6.45, 7) is 7.79. The number of anilines is 1. The minimum atomic E-state index is -0.415. The molecule has 0 aliphatic heterocycles. The third-order valence-corrected chi connectivity index (χ3v) is 7.01. The van der Waals surface area contributed by atoms with Crippen molar-refractivity contribution in [2.24, 2.45) is 7.05 Å². The van der Waals surface area contributed by atoms with Crippen molar-refractivity contribution in [1.29, 1.82) is 0 Å². The number of rotatable bonds is 6. The SMILES string of the molecule is Cc1c(C(=O)Nc2c(C)n(C)n(C3CCCCC3)c2=O)noc1C1=CCC(OC(C)C)CC1. The van der Waals surface area contributed by atoms with Crippen molar-refractivity contribution in [2.75, 3.05) is 5.32 Å². The third-order valence-electron chi connectivity index (χ3n) is 7.01. The van der Waals surface area contributed by atoms with E-state index in [1.165, 1.54) is 6.42 Å². The first-order chi connectivity index (χ1) is 15.8. The molecule has 1 fully saturated rings. The molecule has 0 radical (unpaired) electrons. The summed E-state index contributed by atoms with van der Waals surface area (Å²) >= 11 is 0. The van der Waals surface area contributed by atoms with Gasteiger partial charge in [0.05, 0.1) is 23.9 Å². The van der Waals surface area contributed by atoms with Crippen molar-refractivity contribution in [3.63, 3.8) is 0 Å². The summed E-state index contributed by atoms with van der Waals surface area (Å²) in [4.78, 5) is 26.3. The van der Waals surface area contributed by atoms with Gasteiger partial charge in [-0.3, -0.25) is 14.3 Å². The molecule has 1 atom stereocenters. The Balaban J connectivity index is 1.52. The fourth-order valence-corrected chi connectivity index (χ4v) is 5.15. The predicted molar refractivity (Wildman–Crippen MR) is 128 cm³/mol. The molecule has 0 saturated heterocycles. The number of hydrogen-bond donors (Lipinski definition) is 1. The summed E-state index contributed by atoms with van der Waals surface area (Å²) in [5.74, 6) is 0.231. The van der Waals surface area contributed by atoms with Crippen LogP contribution in [0.5, 0.6) is 0 Å². The first-order valence-electron chi connectivity index (χ1n) is 12.2. The average Bonchev–Trinajstić information content (AvgIpc) is 3.27. The van der Waals surface area contributed by atoms with E-state index in [4.69, 9.17) is 9.26 Å². The second-order valence-corrected chi connectivity index (χ2v) is 9.68. The minimum Gasteiger partial charge on any atom is -0.375 e. The van der Waals surface area contributed by atoms with E-state index < -0.39 is 5.91 Å². The number of carbonyl (C=O) groups excluding carboxylic acids is 1. The molecule has 1 unspecified atom stereocenters. The van der Waals surface area contributed by atoms with Crippen molar-refractivity contribution in [3.05, 3.63) is 39.1 Å². The Morgan fingerprint density at radius 3 is 2.58 bits per heavy atom. The van der Waals surface area contributed by atoms with Crippen LogP contribution in [0.2, 0.25) is 0 Å². The van der Waals surface area contributed by atoms with Gasteiger partial charge < -0.3 is 14.6 Å². The van der Waals surface area contributed by atoms with Gasteiger partial charge in [-0.15, -0.1) is 0 Å². The molecule has 2 aliphatic carbocycles. The fourth-order valence-electron chi connectivity index (χ4n) is 5.15. The lowest BCUT2D eigenvalue weighted by Gasteiger charge is -2.24. The molecule has 1 amide bonds. The highest BCUT2D eigenvalue weighted by Gasteiger charge is 2.28. The molecule has 2 aliphatic rings. The summed E-state index contributed by atoms with van der Waals surface area (Å²) in [5.41, 5.74) is 2.89. The zero-order chi connectivity index (χ0) is 23.7. The summed E-state index contributed by atoms with van der Waals surface area (Å²) < 4.78 is 15.2. The van der Waals surface area contributed by atoms with Gasteiger partial charge in [0.1, 0.15) is 5.69 Å². The first kappa shape index (κ1) is 23.5. The first-order valence-corrected chi connectivity index (χ1v) is 12.2. The van der Waals surface area contributed by atoms with Gasteiger partial charge in [0.2, 0.25) is 0 Å². The van der Waals surface area contributed by atoms with Crippen LogP contribution in [0.4, 0.5) is 5.69 Å². The van der Waals surface area contributed by atoms with Crippen molar-refractivity contribution >= 4 is 17.2 Å². The summed E-state index contributed by atoms with van der Waals surface area (Å²) in [6.07, 6.45) is 10.6. The van der Waals surface area contributed by atoms with Crippen molar-refractivity contribution in [2.45, 2.75) is 97.3 Å². The molecule has 2 heterocycles. The monoisotopic (exact) mass is 456 g/mol. The molecule has 180 valence electrons. The Morgan fingerprint density at radius 2 is 1.94 bits per heavy atom. The van der Waals surface area contributed by atoms with E-state index >= 15 is 0 Å². The summed E-state index contributed by atoms with van der Waals surface area (Å²) in [5, 5.41) is 6.88. The van der Waals surface area contributed by atoms with Gasteiger partial charge in [-0.05, 0) is 65.4 Å². The lowest BCUT2D eigenvalue weighted by atomic mass is 9.93. The second kappa shape index (κ2) is 9.71. The molecular weight excluding hydrogens is 420 g/mol. The third kappa shape index (κ3) is 4.71. The van der Waals surface area contributed by atoms with E-state index in [1.54, 1.807) is 4.68 Å². The van der Waals surface area contributed by atoms with Crippen molar-refractivity contribution < 1.29 is 14.1 Å². The van der Waals surface area contributed by atoms with Crippen LogP contribution in [-0.2, 0) is 11.8 Å². The molecule has 1 saturated carbocycles. The zero-order valence-corrected chi connectivity index (χ0v) is 20.4. The van der Waals surface area contributed by atoms with Crippen LogP contribution >= 0.6 is 0 Å². The number of amides is 1.